The fourth-order valence-corrected chi connectivity index (χ4v) is 4.89. The van der Waals surface area contributed by atoms with Gasteiger partial charge in [-0.3, -0.25) is 14.4 Å². The third kappa shape index (κ3) is 4.98. The maximum absolute atomic E-state index is 12.7. The normalized spacial score (nSPS) is 30.2. The predicted octanol–water partition coefficient (Wildman–Crippen LogP) is 2.56. The summed E-state index contributed by atoms with van der Waals surface area (Å²) in [5.41, 5.74) is 0. The molecule has 0 radical (unpaired) electrons. The van der Waals surface area contributed by atoms with Crippen LogP contribution in [0.5, 0.6) is 0 Å². The molecule has 6 heteroatoms. The number of carbonyl (C=O) groups excluding carboxylic acids is 2. The van der Waals surface area contributed by atoms with Crippen LogP contribution in [0.4, 0.5) is 0 Å². The van der Waals surface area contributed by atoms with Crippen LogP contribution in [0, 0.1) is 17.8 Å². The van der Waals surface area contributed by atoms with Crippen molar-refractivity contribution in [2.45, 2.75) is 76.7 Å². The summed E-state index contributed by atoms with van der Waals surface area (Å²) >= 11 is 0. The van der Waals surface area contributed by atoms with Crippen molar-refractivity contribution < 1.29 is 19.5 Å². The van der Waals surface area contributed by atoms with Crippen LogP contribution in [-0.2, 0) is 14.4 Å². The number of hydrogen-bond acceptors (Lipinski definition) is 3. The van der Waals surface area contributed by atoms with Gasteiger partial charge in [0.05, 0.1) is 5.92 Å². The Morgan fingerprint density at radius 3 is 2.23 bits per heavy atom. The van der Waals surface area contributed by atoms with Gasteiger partial charge in [0.25, 0.3) is 0 Å². The van der Waals surface area contributed by atoms with Gasteiger partial charge in [-0.1, -0.05) is 12.8 Å². The zero-order valence-electron chi connectivity index (χ0n) is 15.6. The maximum Gasteiger partial charge on any atom is 0.308 e. The molecule has 0 aromatic carbocycles. The molecule has 3 fully saturated rings. The van der Waals surface area contributed by atoms with Gasteiger partial charge in [-0.05, 0) is 57.3 Å². The standard InChI is InChI=1S/C20H32N2O4/c23-18(12-14-4-1-2-5-14)21-17-9-7-15(8-10-17)19(24)22-11-3-6-16(13-22)20(25)26/h14-17H,1-13H2,(H,21,23)(H,25,26). The fourth-order valence-electron chi connectivity index (χ4n) is 4.89. The number of carboxylic acid groups (broad SMARTS) is 1. The third-order valence-corrected chi connectivity index (χ3v) is 6.47. The van der Waals surface area contributed by atoms with Crippen LogP contribution in [0.25, 0.3) is 0 Å². The summed E-state index contributed by atoms with van der Waals surface area (Å²) in [5, 5.41) is 12.4. The summed E-state index contributed by atoms with van der Waals surface area (Å²) < 4.78 is 0. The SMILES string of the molecule is O=C(CC1CCCC1)NC1CCC(C(=O)N2CCCC(C(=O)O)C2)CC1. The van der Waals surface area contributed by atoms with Crippen molar-refractivity contribution in [1.29, 1.82) is 0 Å². The smallest absolute Gasteiger partial charge is 0.308 e. The number of nitrogens with one attached hydrogen (secondary N) is 1. The van der Waals surface area contributed by atoms with Gasteiger partial charge in [0.1, 0.15) is 0 Å². The second-order valence-electron chi connectivity index (χ2n) is 8.43. The lowest BCUT2D eigenvalue weighted by atomic mass is 9.84. The number of aliphatic carboxylic acids is 1. The lowest BCUT2D eigenvalue weighted by molar-refractivity contribution is -0.147. The van der Waals surface area contributed by atoms with E-state index in [0.717, 1.165) is 32.1 Å². The Labute approximate surface area is 155 Å². The Morgan fingerprint density at radius 2 is 1.58 bits per heavy atom. The summed E-state index contributed by atoms with van der Waals surface area (Å²) in [7, 11) is 0. The lowest BCUT2D eigenvalue weighted by Gasteiger charge is -2.36. The van der Waals surface area contributed by atoms with E-state index in [9.17, 15) is 19.5 Å². The van der Waals surface area contributed by atoms with Crippen molar-refractivity contribution >= 4 is 17.8 Å². The van der Waals surface area contributed by atoms with Crippen LogP contribution in [-0.4, -0.2) is 46.9 Å². The zero-order valence-corrected chi connectivity index (χ0v) is 15.6. The number of amides is 2. The summed E-state index contributed by atoms with van der Waals surface area (Å²) in [6.07, 6.45) is 10.3. The van der Waals surface area contributed by atoms with Gasteiger partial charge in [0.15, 0.2) is 0 Å². The van der Waals surface area contributed by atoms with Crippen molar-refractivity contribution in [2.24, 2.45) is 17.8 Å². The molecule has 146 valence electrons. The Balaban J connectivity index is 1.40. The van der Waals surface area contributed by atoms with Crippen LogP contribution in [0.15, 0.2) is 0 Å². The van der Waals surface area contributed by atoms with Gasteiger partial charge in [0, 0.05) is 31.5 Å². The summed E-state index contributed by atoms with van der Waals surface area (Å²) in [6.45, 7) is 1.03. The highest BCUT2D eigenvalue weighted by molar-refractivity contribution is 5.80. The third-order valence-electron chi connectivity index (χ3n) is 6.47. The van der Waals surface area contributed by atoms with Gasteiger partial charge in [-0.2, -0.15) is 0 Å². The van der Waals surface area contributed by atoms with Crippen LogP contribution < -0.4 is 5.32 Å². The quantitative estimate of drug-likeness (QED) is 0.785. The van der Waals surface area contributed by atoms with Crippen molar-refractivity contribution in [1.82, 2.24) is 10.2 Å². The molecular formula is C20H32N2O4. The van der Waals surface area contributed by atoms with Crippen molar-refractivity contribution in [3.63, 3.8) is 0 Å². The van der Waals surface area contributed by atoms with Crippen LogP contribution in [0.1, 0.15) is 70.6 Å². The van der Waals surface area contributed by atoms with Gasteiger partial charge < -0.3 is 15.3 Å². The summed E-state index contributed by atoms with van der Waals surface area (Å²) in [5.74, 6) is -0.367. The first-order valence-electron chi connectivity index (χ1n) is 10.3. The number of carboxylic acids is 1. The van der Waals surface area contributed by atoms with Crippen LogP contribution in [0.2, 0.25) is 0 Å². The molecule has 0 spiro atoms. The highest BCUT2D eigenvalue weighted by Crippen LogP contribution is 2.30. The molecule has 3 aliphatic rings. The molecule has 1 aliphatic heterocycles. The van der Waals surface area contributed by atoms with E-state index in [-0.39, 0.29) is 23.8 Å². The number of likely N-dealkylation sites (tertiary alicyclic amines) is 1. The molecule has 26 heavy (non-hydrogen) atoms. The summed E-state index contributed by atoms with van der Waals surface area (Å²) in [4.78, 5) is 37.9. The summed E-state index contributed by atoms with van der Waals surface area (Å²) in [6, 6.07) is 0.195. The second-order valence-corrected chi connectivity index (χ2v) is 8.43. The molecule has 1 heterocycles. The van der Waals surface area contributed by atoms with E-state index in [0.29, 0.717) is 31.8 Å². The average Bonchev–Trinajstić information content (AvgIpc) is 3.14. The van der Waals surface area contributed by atoms with Gasteiger partial charge in [0.2, 0.25) is 11.8 Å². The van der Waals surface area contributed by atoms with Crippen molar-refractivity contribution in [3.8, 4) is 0 Å². The Bertz CT molecular complexity index is 522. The maximum atomic E-state index is 12.7. The Hall–Kier alpha value is -1.59. The molecule has 6 nitrogen and oxygen atoms in total. The van der Waals surface area contributed by atoms with E-state index in [1.165, 1.54) is 25.7 Å². The fraction of sp³-hybridized carbons (Fsp3) is 0.850. The number of carbonyl (C=O) groups is 3. The van der Waals surface area contributed by atoms with Gasteiger partial charge >= 0.3 is 5.97 Å². The molecule has 3 rings (SSSR count). The predicted molar refractivity (Wildman–Crippen MR) is 97.4 cm³/mol. The minimum Gasteiger partial charge on any atom is -0.481 e. The highest BCUT2D eigenvalue weighted by Gasteiger charge is 2.34. The van der Waals surface area contributed by atoms with E-state index in [1.54, 1.807) is 4.90 Å². The van der Waals surface area contributed by atoms with Crippen molar-refractivity contribution in [2.75, 3.05) is 13.1 Å². The van der Waals surface area contributed by atoms with Crippen molar-refractivity contribution in [3.05, 3.63) is 0 Å². The number of rotatable bonds is 5. The number of hydrogen-bond donors (Lipinski definition) is 2. The molecule has 0 bridgehead atoms. The second kappa shape index (κ2) is 8.87. The largest absolute Gasteiger partial charge is 0.481 e. The molecule has 1 saturated heterocycles. The first-order valence-corrected chi connectivity index (χ1v) is 10.3. The van der Waals surface area contributed by atoms with Crippen LogP contribution in [0.3, 0.4) is 0 Å². The zero-order chi connectivity index (χ0) is 18.5. The van der Waals surface area contributed by atoms with Gasteiger partial charge in [-0.15, -0.1) is 0 Å². The molecular weight excluding hydrogens is 332 g/mol. The molecule has 2 saturated carbocycles. The van der Waals surface area contributed by atoms with E-state index < -0.39 is 11.9 Å². The Morgan fingerprint density at radius 1 is 0.885 bits per heavy atom. The molecule has 2 aliphatic carbocycles. The van der Waals surface area contributed by atoms with E-state index in [1.807, 2.05) is 0 Å². The Kier molecular flexibility index (Phi) is 6.54. The van der Waals surface area contributed by atoms with Crippen LogP contribution >= 0.6 is 0 Å². The minimum atomic E-state index is -0.795. The van der Waals surface area contributed by atoms with E-state index in [2.05, 4.69) is 5.32 Å². The first kappa shape index (κ1) is 19.2. The minimum absolute atomic E-state index is 0.00877. The number of piperidine rings is 1. The highest BCUT2D eigenvalue weighted by atomic mass is 16.4. The first-order chi connectivity index (χ1) is 12.5. The topological polar surface area (TPSA) is 86.7 Å². The van der Waals surface area contributed by atoms with E-state index >= 15 is 0 Å². The molecule has 0 aromatic heterocycles. The van der Waals surface area contributed by atoms with Gasteiger partial charge in [-0.25, -0.2) is 0 Å². The monoisotopic (exact) mass is 364 g/mol. The van der Waals surface area contributed by atoms with E-state index in [4.69, 9.17) is 0 Å². The molecule has 2 N–H and O–H groups in total. The molecule has 1 unspecified atom stereocenters. The molecule has 0 aromatic rings. The molecule has 2 amide bonds. The average molecular weight is 364 g/mol. The lowest BCUT2D eigenvalue weighted by Crippen LogP contribution is -2.46. The molecule has 1 atom stereocenters. The number of nitrogens with zero attached hydrogens (tertiary/aromatic N) is 1.